The maximum atomic E-state index is 13.8. The molecule has 1 amide bonds. The second kappa shape index (κ2) is 9.18. The van der Waals surface area contributed by atoms with Crippen molar-refractivity contribution in [2.45, 2.75) is 25.0 Å². The number of anilines is 1. The number of nitrogens with one attached hydrogen (secondary N) is 1. The average Bonchev–Trinajstić information content (AvgIpc) is 3.39. The molecule has 1 N–H and O–H groups in total. The molecule has 0 aliphatic heterocycles. The Labute approximate surface area is 183 Å². The molecular weight excluding hydrogens is 415 g/mol. The van der Waals surface area contributed by atoms with Crippen LogP contribution < -0.4 is 5.32 Å². The van der Waals surface area contributed by atoms with E-state index in [1.165, 1.54) is 23.9 Å². The zero-order chi connectivity index (χ0) is 21.8. The van der Waals surface area contributed by atoms with Crippen LogP contribution in [0.4, 0.5) is 10.1 Å². The summed E-state index contributed by atoms with van der Waals surface area (Å²) in [5.74, 6) is 0.679. The van der Waals surface area contributed by atoms with Gasteiger partial charge in [-0.1, -0.05) is 54.2 Å². The lowest BCUT2D eigenvalue weighted by molar-refractivity contribution is -0.113. The van der Waals surface area contributed by atoms with Gasteiger partial charge in [-0.25, -0.2) is 4.39 Å². The summed E-state index contributed by atoms with van der Waals surface area (Å²) in [5, 5.41) is 11.9. The molecule has 2 aromatic carbocycles. The highest BCUT2D eigenvalue weighted by atomic mass is 32.2. The molecule has 31 heavy (non-hydrogen) atoms. The lowest BCUT2D eigenvalue weighted by Crippen LogP contribution is -2.16. The van der Waals surface area contributed by atoms with E-state index in [9.17, 15) is 9.18 Å². The summed E-state index contributed by atoms with van der Waals surface area (Å²) in [7, 11) is 0. The van der Waals surface area contributed by atoms with E-state index >= 15 is 0 Å². The van der Waals surface area contributed by atoms with E-state index in [0.29, 0.717) is 11.0 Å². The maximum absolute atomic E-state index is 13.8. The van der Waals surface area contributed by atoms with Gasteiger partial charge in [0, 0.05) is 0 Å². The average molecular weight is 437 g/mol. The third-order valence-electron chi connectivity index (χ3n) is 4.91. The number of nitrogens with zero attached hydrogens (tertiary/aromatic N) is 3. The van der Waals surface area contributed by atoms with Crippen LogP contribution in [0.15, 0.2) is 76.5 Å². The Balaban J connectivity index is 1.60. The van der Waals surface area contributed by atoms with Crippen LogP contribution in [0.3, 0.4) is 0 Å². The molecule has 0 spiro atoms. The lowest BCUT2D eigenvalue weighted by atomic mass is 10.1. The molecule has 4 aromatic rings. The van der Waals surface area contributed by atoms with E-state index in [1.54, 1.807) is 18.4 Å². The zero-order valence-corrected chi connectivity index (χ0v) is 17.9. The third kappa shape index (κ3) is 4.54. The molecule has 2 heterocycles. The molecule has 158 valence electrons. The quantitative estimate of drug-likeness (QED) is 0.397. The number of carbonyl (C=O) groups excluding carboxylic acids is 1. The van der Waals surface area contributed by atoms with Crippen molar-refractivity contribution in [2.24, 2.45) is 0 Å². The molecule has 0 fully saturated rings. The molecule has 1 unspecified atom stereocenters. The second-order valence-corrected chi connectivity index (χ2v) is 7.91. The SMILES string of the molecule is Cc1occc1-c1nnc(SCC(=O)Nc2ccccc2F)n1C(C)c1ccccc1. The molecule has 8 heteroatoms. The van der Waals surface area contributed by atoms with E-state index in [-0.39, 0.29) is 23.4 Å². The van der Waals surface area contributed by atoms with Crippen LogP contribution >= 0.6 is 11.8 Å². The summed E-state index contributed by atoms with van der Waals surface area (Å²) in [6, 6.07) is 17.9. The predicted octanol–water partition coefficient (Wildman–Crippen LogP) is 5.33. The molecule has 0 radical (unpaired) electrons. The van der Waals surface area contributed by atoms with Gasteiger partial charge in [0.15, 0.2) is 11.0 Å². The highest BCUT2D eigenvalue weighted by Gasteiger charge is 2.23. The van der Waals surface area contributed by atoms with Crippen molar-refractivity contribution in [3.63, 3.8) is 0 Å². The van der Waals surface area contributed by atoms with Gasteiger partial charge in [-0.15, -0.1) is 10.2 Å². The van der Waals surface area contributed by atoms with Crippen molar-refractivity contribution in [2.75, 3.05) is 11.1 Å². The van der Waals surface area contributed by atoms with Gasteiger partial charge < -0.3 is 9.73 Å². The fourth-order valence-electron chi connectivity index (χ4n) is 3.28. The van der Waals surface area contributed by atoms with Crippen LogP contribution in [0.2, 0.25) is 0 Å². The van der Waals surface area contributed by atoms with Crippen LogP contribution in [-0.4, -0.2) is 26.4 Å². The molecule has 0 aliphatic rings. The van der Waals surface area contributed by atoms with Gasteiger partial charge in [-0.05, 0) is 37.6 Å². The van der Waals surface area contributed by atoms with Crippen LogP contribution in [0.5, 0.6) is 0 Å². The van der Waals surface area contributed by atoms with E-state index in [1.807, 2.05) is 47.9 Å². The molecule has 4 rings (SSSR count). The van der Waals surface area contributed by atoms with E-state index < -0.39 is 5.82 Å². The Kier molecular flexibility index (Phi) is 6.18. The van der Waals surface area contributed by atoms with Crippen LogP contribution in [-0.2, 0) is 4.79 Å². The number of rotatable bonds is 7. The Morgan fingerprint density at radius 3 is 2.58 bits per heavy atom. The molecule has 1 atom stereocenters. The van der Waals surface area contributed by atoms with Gasteiger partial charge in [-0.2, -0.15) is 0 Å². The lowest BCUT2D eigenvalue weighted by Gasteiger charge is -2.18. The van der Waals surface area contributed by atoms with E-state index in [2.05, 4.69) is 22.4 Å². The van der Waals surface area contributed by atoms with Crippen molar-refractivity contribution in [3.8, 4) is 11.4 Å². The van der Waals surface area contributed by atoms with Crippen molar-refractivity contribution in [1.29, 1.82) is 0 Å². The summed E-state index contributed by atoms with van der Waals surface area (Å²) < 4.78 is 21.3. The van der Waals surface area contributed by atoms with E-state index in [0.717, 1.165) is 16.9 Å². The van der Waals surface area contributed by atoms with E-state index in [4.69, 9.17) is 4.42 Å². The zero-order valence-electron chi connectivity index (χ0n) is 17.1. The largest absolute Gasteiger partial charge is 0.469 e. The first-order valence-electron chi connectivity index (χ1n) is 9.76. The fraction of sp³-hybridized carbons (Fsp3) is 0.174. The van der Waals surface area contributed by atoms with Crippen LogP contribution in [0.1, 0.15) is 24.3 Å². The number of furan rings is 1. The standard InChI is InChI=1S/C23H21FN4O2S/c1-15(17-8-4-3-5-9-17)28-22(18-12-13-30-16(18)2)26-27-23(28)31-14-21(29)25-20-11-7-6-10-19(20)24/h3-13,15H,14H2,1-2H3,(H,25,29). The fourth-order valence-corrected chi connectivity index (χ4v) is 4.10. The van der Waals surface area contributed by atoms with Crippen molar-refractivity contribution >= 4 is 23.4 Å². The molecule has 0 bridgehead atoms. The number of thioether (sulfide) groups is 1. The number of amides is 1. The first-order chi connectivity index (χ1) is 15.0. The van der Waals surface area contributed by atoms with Gasteiger partial charge in [0.2, 0.25) is 5.91 Å². The summed E-state index contributed by atoms with van der Waals surface area (Å²) in [5.41, 5.74) is 2.09. The molecule has 2 aromatic heterocycles. The topological polar surface area (TPSA) is 72.9 Å². The summed E-state index contributed by atoms with van der Waals surface area (Å²) >= 11 is 1.25. The molecule has 0 aliphatic carbocycles. The normalized spacial score (nSPS) is 12.0. The summed E-state index contributed by atoms with van der Waals surface area (Å²) in [6.07, 6.45) is 1.62. The highest BCUT2D eigenvalue weighted by Crippen LogP contribution is 2.32. The summed E-state index contributed by atoms with van der Waals surface area (Å²) in [4.78, 5) is 12.4. The van der Waals surface area contributed by atoms with Crippen LogP contribution in [0, 0.1) is 12.7 Å². The van der Waals surface area contributed by atoms with Crippen LogP contribution in [0.25, 0.3) is 11.4 Å². The Bertz CT molecular complexity index is 1190. The first-order valence-corrected chi connectivity index (χ1v) is 10.7. The second-order valence-electron chi connectivity index (χ2n) is 6.97. The highest BCUT2D eigenvalue weighted by molar-refractivity contribution is 7.99. The number of hydrogen-bond acceptors (Lipinski definition) is 5. The predicted molar refractivity (Wildman–Crippen MR) is 118 cm³/mol. The number of aryl methyl sites for hydroxylation is 1. The Hall–Kier alpha value is -3.39. The first kappa shape index (κ1) is 20.9. The van der Waals surface area contributed by atoms with Crippen molar-refractivity contribution < 1.29 is 13.6 Å². The van der Waals surface area contributed by atoms with Gasteiger partial charge in [0.25, 0.3) is 0 Å². The molecule has 0 saturated carbocycles. The van der Waals surface area contributed by atoms with Crippen molar-refractivity contribution in [3.05, 3.63) is 84.1 Å². The van der Waals surface area contributed by atoms with Crippen molar-refractivity contribution in [1.82, 2.24) is 14.8 Å². The number of carbonyl (C=O) groups is 1. The number of benzene rings is 2. The minimum Gasteiger partial charge on any atom is -0.469 e. The van der Waals surface area contributed by atoms with Gasteiger partial charge in [0.05, 0.1) is 29.3 Å². The Morgan fingerprint density at radius 2 is 1.87 bits per heavy atom. The number of halogens is 1. The monoisotopic (exact) mass is 436 g/mol. The third-order valence-corrected chi connectivity index (χ3v) is 5.86. The summed E-state index contributed by atoms with van der Waals surface area (Å²) in [6.45, 7) is 3.93. The minimum atomic E-state index is -0.473. The maximum Gasteiger partial charge on any atom is 0.234 e. The number of para-hydroxylation sites is 1. The van der Waals surface area contributed by atoms with Gasteiger partial charge in [-0.3, -0.25) is 9.36 Å². The minimum absolute atomic E-state index is 0.0678. The number of hydrogen-bond donors (Lipinski definition) is 1. The molecular formula is C23H21FN4O2S. The molecule has 6 nitrogen and oxygen atoms in total. The molecule has 0 saturated heterocycles. The smallest absolute Gasteiger partial charge is 0.234 e. The van der Waals surface area contributed by atoms with Gasteiger partial charge in [0.1, 0.15) is 11.6 Å². The number of aromatic nitrogens is 3. The van der Waals surface area contributed by atoms with Gasteiger partial charge >= 0.3 is 0 Å². The Morgan fingerprint density at radius 1 is 1.13 bits per heavy atom.